The fourth-order valence-electron chi connectivity index (χ4n) is 2.51. The van der Waals surface area contributed by atoms with Crippen molar-refractivity contribution in [2.24, 2.45) is 0 Å². The maximum atomic E-state index is 12.2. The molecule has 0 fully saturated rings. The largest absolute Gasteiger partial charge is 0.349 e. The van der Waals surface area contributed by atoms with Gasteiger partial charge in [-0.05, 0) is 24.6 Å². The molecule has 3 rings (SSSR count). The molecule has 6 nitrogen and oxygen atoms in total. The minimum Gasteiger partial charge on any atom is -0.349 e. The lowest BCUT2D eigenvalue weighted by Crippen LogP contribution is -2.28. The Morgan fingerprint density at radius 1 is 1.00 bits per heavy atom. The topological polar surface area (TPSA) is 83.1 Å². The third-order valence-corrected chi connectivity index (χ3v) is 4.63. The van der Waals surface area contributed by atoms with Crippen LogP contribution in [0, 0.1) is 0 Å². The number of carbonyl (C=O) groups excluding carboxylic acids is 2. The van der Waals surface area contributed by atoms with Gasteiger partial charge in [-0.3, -0.25) is 10.1 Å². The number of para-hydroxylation sites is 1. The molecule has 3 N–H and O–H groups in total. The first-order valence-electron chi connectivity index (χ1n) is 8.52. The summed E-state index contributed by atoms with van der Waals surface area (Å²) in [4.78, 5) is 28.5. The van der Waals surface area contributed by atoms with Crippen LogP contribution in [0.25, 0.3) is 0 Å². The van der Waals surface area contributed by atoms with E-state index in [1.165, 1.54) is 11.3 Å². The number of nitrogens with one attached hydrogen (secondary N) is 3. The summed E-state index contributed by atoms with van der Waals surface area (Å²) in [5.41, 5.74) is 2.36. The van der Waals surface area contributed by atoms with Crippen LogP contribution in [0.4, 0.5) is 15.6 Å². The molecule has 1 atom stereocenters. The fourth-order valence-corrected chi connectivity index (χ4v) is 3.21. The Kier molecular flexibility index (Phi) is 6.17. The third-order valence-electron chi connectivity index (χ3n) is 3.82. The summed E-state index contributed by atoms with van der Waals surface area (Å²) in [5.74, 6) is -0.114. The summed E-state index contributed by atoms with van der Waals surface area (Å²) in [5, 5.41) is 10.6. The number of carbonyl (C=O) groups is 2. The zero-order valence-electron chi connectivity index (χ0n) is 14.8. The first-order chi connectivity index (χ1) is 13.1. The van der Waals surface area contributed by atoms with Crippen molar-refractivity contribution in [3.05, 3.63) is 77.3 Å². The molecule has 0 spiro atoms. The summed E-state index contributed by atoms with van der Waals surface area (Å²) >= 11 is 1.28. The van der Waals surface area contributed by atoms with Crippen LogP contribution in [0.3, 0.4) is 0 Å². The summed E-state index contributed by atoms with van der Waals surface area (Å²) in [6.07, 6.45) is 0.162. The zero-order valence-corrected chi connectivity index (χ0v) is 15.6. The van der Waals surface area contributed by atoms with Gasteiger partial charge in [0.25, 0.3) is 0 Å². The monoisotopic (exact) mass is 380 g/mol. The van der Waals surface area contributed by atoms with Gasteiger partial charge in [0.15, 0.2) is 5.13 Å². The summed E-state index contributed by atoms with van der Waals surface area (Å²) < 4.78 is 0. The number of anilines is 2. The first kappa shape index (κ1) is 18.6. The number of hydrogen-bond donors (Lipinski definition) is 3. The second kappa shape index (κ2) is 8.95. The molecule has 3 aromatic rings. The maximum absolute atomic E-state index is 12.2. The van der Waals surface area contributed by atoms with E-state index in [0.29, 0.717) is 16.5 Å². The number of hydrogen-bond acceptors (Lipinski definition) is 4. The van der Waals surface area contributed by atoms with Crippen molar-refractivity contribution in [2.45, 2.75) is 19.4 Å². The van der Waals surface area contributed by atoms with E-state index in [1.807, 2.05) is 55.5 Å². The second-order valence-electron chi connectivity index (χ2n) is 5.97. The highest BCUT2D eigenvalue weighted by Crippen LogP contribution is 2.17. The molecule has 1 aromatic heterocycles. The van der Waals surface area contributed by atoms with Crippen LogP contribution in [0.15, 0.2) is 66.0 Å². The van der Waals surface area contributed by atoms with Crippen molar-refractivity contribution < 1.29 is 9.59 Å². The lowest BCUT2D eigenvalue weighted by atomic mass is 10.1. The van der Waals surface area contributed by atoms with E-state index >= 15 is 0 Å². The van der Waals surface area contributed by atoms with Crippen LogP contribution >= 0.6 is 11.3 Å². The van der Waals surface area contributed by atoms with Gasteiger partial charge in [-0.25, -0.2) is 9.78 Å². The Morgan fingerprint density at radius 2 is 1.67 bits per heavy atom. The summed E-state index contributed by atoms with van der Waals surface area (Å²) in [6.45, 7) is 1.94. The van der Waals surface area contributed by atoms with Gasteiger partial charge in [0, 0.05) is 11.1 Å². The smallest absolute Gasteiger partial charge is 0.325 e. The predicted octanol–water partition coefficient (Wildman–Crippen LogP) is 4.21. The van der Waals surface area contributed by atoms with E-state index in [9.17, 15) is 9.59 Å². The highest BCUT2D eigenvalue weighted by Gasteiger charge is 2.13. The molecule has 0 unspecified atom stereocenters. The van der Waals surface area contributed by atoms with Crippen LogP contribution in [0.2, 0.25) is 0 Å². The van der Waals surface area contributed by atoms with Crippen LogP contribution in [0.5, 0.6) is 0 Å². The minimum absolute atomic E-state index is 0.0772. The second-order valence-corrected chi connectivity index (χ2v) is 6.82. The van der Waals surface area contributed by atoms with Crippen LogP contribution in [-0.4, -0.2) is 16.9 Å². The van der Waals surface area contributed by atoms with Gasteiger partial charge in [-0.2, -0.15) is 0 Å². The predicted molar refractivity (Wildman–Crippen MR) is 108 cm³/mol. The van der Waals surface area contributed by atoms with Crippen molar-refractivity contribution in [3.63, 3.8) is 0 Å². The Morgan fingerprint density at radius 3 is 2.37 bits per heavy atom. The van der Waals surface area contributed by atoms with Crippen molar-refractivity contribution >= 4 is 34.1 Å². The van der Waals surface area contributed by atoms with E-state index < -0.39 is 0 Å². The Labute approximate surface area is 161 Å². The zero-order chi connectivity index (χ0) is 19.1. The van der Waals surface area contributed by atoms with Gasteiger partial charge in [0.05, 0.1) is 18.2 Å². The average Bonchev–Trinajstić information content (AvgIpc) is 3.09. The van der Waals surface area contributed by atoms with E-state index in [0.717, 1.165) is 5.56 Å². The van der Waals surface area contributed by atoms with E-state index in [-0.39, 0.29) is 24.4 Å². The number of amides is 3. The molecule has 7 heteroatoms. The molecule has 0 saturated heterocycles. The number of aromatic nitrogens is 1. The highest BCUT2D eigenvalue weighted by atomic mass is 32.1. The Hall–Kier alpha value is -3.19. The summed E-state index contributed by atoms with van der Waals surface area (Å²) in [7, 11) is 0. The molecular weight excluding hydrogens is 360 g/mol. The van der Waals surface area contributed by atoms with Gasteiger partial charge < -0.3 is 10.6 Å². The quantitative estimate of drug-likeness (QED) is 0.599. The van der Waals surface area contributed by atoms with E-state index in [1.54, 1.807) is 17.5 Å². The molecule has 0 aliphatic heterocycles. The van der Waals surface area contributed by atoms with Crippen molar-refractivity contribution in [1.82, 2.24) is 10.3 Å². The maximum Gasteiger partial charge on any atom is 0.325 e. The average molecular weight is 380 g/mol. The van der Waals surface area contributed by atoms with E-state index in [4.69, 9.17) is 0 Å². The van der Waals surface area contributed by atoms with Crippen molar-refractivity contribution in [1.29, 1.82) is 0 Å². The van der Waals surface area contributed by atoms with Gasteiger partial charge in [-0.1, -0.05) is 48.5 Å². The minimum atomic E-state index is -0.371. The lowest BCUT2D eigenvalue weighted by Gasteiger charge is -2.13. The Bertz CT molecular complexity index is 897. The van der Waals surface area contributed by atoms with Gasteiger partial charge in [0.1, 0.15) is 0 Å². The van der Waals surface area contributed by atoms with Crippen molar-refractivity contribution in [3.8, 4) is 0 Å². The fraction of sp³-hybridized carbons (Fsp3) is 0.150. The van der Waals surface area contributed by atoms with Crippen molar-refractivity contribution in [2.75, 3.05) is 10.6 Å². The number of rotatable bonds is 6. The SMILES string of the molecule is C[C@H](NC(=O)Cc1csc(NC(=O)Nc2ccccc2)n1)c1ccccc1. The molecule has 0 aliphatic carbocycles. The normalized spacial score (nSPS) is 11.4. The van der Waals surface area contributed by atoms with Gasteiger partial charge >= 0.3 is 6.03 Å². The molecule has 27 heavy (non-hydrogen) atoms. The third kappa shape index (κ3) is 5.65. The number of urea groups is 1. The molecule has 1 heterocycles. The first-order valence-corrected chi connectivity index (χ1v) is 9.40. The van der Waals surface area contributed by atoms with Gasteiger partial charge in [-0.15, -0.1) is 11.3 Å². The summed E-state index contributed by atoms with van der Waals surface area (Å²) in [6, 6.07) is 18.5. The molecule has 138 valence electrons. The number of nitrogens with zero attached hydrogens (tertiary/aromatic N) is 1. The molecule has 0 saturated carbocycles. The molecule has 0 radical (unpaired) electrons. The van der Waals surface area contributed by atoms with E-state index in [2.05, 4.69) is 20.9 Å². The highest BCUT2D eigenvalue weighted by molar-refractivity contribution is 7.14. The van der Waals surface area contributed by atoms with Gasteiger partial charge in [0.2, 0.25) is 5.91 Å². The Balaban J connectivity index is 1.50. The molecule has 2 aromatic carbocycles. The standard InChI is InChI=1S/C20H20N4O2S/c1-14(15-8-4-2-5-9-15)21-18(25)12-17-13-27-20(23-17)24-19(26)22-16-10-6-3-7-11-16/h2-11,13-14H,12H2,1H3,(H,21,25)(H2,22,23,24,26)/t14-/m0/s1. The lowest BCUT2D eigenvalue weighted by molar-refractivity contribution is -0.121. The number of benzene rings is 2. The molecular formula is C20H20N4O2S. The number of thiazole rings is 1. The molecule has 3 amide bonds. The van der Waals surface area contributed by atoms with Crippen LogP contribution in [0.1, 0.15) is 24.2 Å². The van der Waals surface area contributed by atoms with Crippen LogP contribution in [-0.2, 0) is 11.2 Å². The van der Waals surface area contributed by atoms with Crippen LogP contribution < -0.4 is 16.0 Å². The molecule has 0 aliphatic rings. The molecule has 0 bridgehead atoms.